The summed E-state index contributed by atoms with van der Waals surface area (Å²) in [4.78, 5) is 39.8. The number of hydrogen-bond donors (Lipinski definition) is 1. The molecule has 0 radical (unpaired) electrons. The van der Waals surface area contributed by atoms with E-state index in [0.717, 1.165) is 0 Å². The van der Waals surface area contributed by atoms with E-state index >= 15 is 0 Å². The molecule has 1 aliphatic heterocycles. The first-order valence-electron chi connectivity index (χ1n) is 8.77. The van der Waals surface area contributed by atoms with Crippen molar-refractivity contribution in [1.82, 2.24) is 4.90 Å². The Labute approximate surface area is 157 Å². The number of carbonyl (C=O) groups excluding carboxylic acids is 3. The third-order valence-corrected chi connectivity index (χ3v) is 4.17. The minimum absolute atomic E-state index is 0.187. The van der Waals surface area contributed by atoms with Crippen molar-refractivity contribution in [2.24, 2.45) is 0 Å². The van der Waals surface area contributed by atoms with Crippen LogP contribution >= 0.6 is 0 Å². The summed E-state index contributed by atoms with van der Waals surface area (Å²) < 4.78 is 5.47. The van der Waals surface area contributed by atoms with Crippen molar-refractivity contribution in [2.75, 3.05) is 36.5 Å². The first-order valence-corrected chi connectivity index (χ1v) is 8.77. The fraction of sp³-hybridized carbons (Fsp3) is 0.250. The van der Waals surface area contributed by atoms with Gasteiger partial charge in [0.05, 0.1) is 12.3 Å². The number of hydrogen-bond acceptors (Lipinski definition) is 4. The zero-order chi connectivity index (χ0) is 19.2. The molecule has 140 valence electrons. The van der Waals surface area contributed by atoms with Gasteiger partial charge >= 0.3 is 11.8 Å². The number of piperazine rings is 1. The highest BCUT2D eigenvalue weighted by Gasteiger charge is 2.34. The van der Waals surface area contributed by atoms with Crippen LogP contribution in [-0.2, 0) is 14.4 Å². The van der Waals surface area contributed by atoms with E-state index in [2.05, 4.69) is 5.32 Å². The second-order valence-corrected chi connectivity index (χ2v) is 6.00. The maximum absolute atomic E-state index is 12.4. The Kier molecular flexibility index (Phi) is 5.71. The molecule has 0 atom stereocenters. The smallest absolute Gasteiger partial charge is 0.316 e. The van der Waals surface area contributed by atoms with Crippen LogP contribution in [0.15, 0.2) is 54.6 Å². The molecule has 3 rings (SSSR count). The molecule has 27 heavy (non-hydrogen) atoms. The van der Waals surface area contributed by atoms with E-state index in [9.17, 15) is 14.4 Å². The third-order valence-electron chi connectivity index (χ3n) is 4.17. The lowest BCUT2D eigenvalue weighted by molar-refractivity contribution is -0.147. The van der Waals surface area contributed by atoms with Crippen molar-refractivity contribution in [3.63, 3.8) is 0 Å². The molecule has 0 spiro atoms. The van der Waals surface area contributed by atoms with Gasteiger partial charge in [-0.3, -0.25) is 14.4 Å². The van der Waals surface area contributed by atoms with Crippen molar-refractivity contribution in [2.45, 2.75) is 6.92 Å². The van der Waals surface area contributed by atoms with Crippen molar-refractivity contribution >= 4 is 29.1 Å². The van der Waals surface area contributed by atoms with Gasteiger partial charge in [0.15, 0.2) is 0 Å². The van der Waals surface area contributed by atoms with E-state index in [4.69, 9.17) is 4.74 Å². The number of para-hydroxylation sites is 3. The minimum Gasteiger partial charge on any atom is -0.492 e. The molecule has 7 nitrogen and oxygen atoms in total. The normalized spacial score (nSPS) is 14.3. The summed E-state index contributed by atoms with van der Waals surface area (Å²) in [5.74, 6) is -1.13. The molecule has 1 N–H and O–H groups in total. The maximum Gasteiger partial charge on any atom is 0.316 e. The van der Waals surface area contributed by atoms with Gasteiger partial charge in [0.25, 0.3) is 0 Å². The molecular weight excluding hydrogens is 346 g/mol. The van der Waals surface area contributed by atoms with Crippen LogP contribution in [0, 0.1) is 0 Å². The zero-order valence-corrected chi connectivity index (χ0v) is 15.1. The molecule has 1 aliphatic rings. The predicted molar refractivity (Wildman–Crippen MR) is 102 cm³/mol. The van der Waals surface area contributed by atoms with Gasteiger partial charge in [-0.1, -0.05) is 30.3 Å². The average molecular weight is 367 g/mol. The van der Waals surface area contributed by atoms with Gasteiger partial charge in [-0.2, -0.15) is 0 Å². The van der Waals surface area contributed by atoms with Gasteiger partial charge in [0, 0.05) is 18.8 Å². The lowest BCUT2D eigenvalue weighted by Crippen LogP contribution is -2.56. The van der Waals surface area contributed by atoms with Crippen molar-refractivity contribution in [3.05, 3.63) is 54.6 Å². The van der Waals surface area contributed by atoms with Crippen LogP contribution in [0.3, 0.4) is 0 Å². The van der Waals surface area contributed by atoms with Gasteiger partial charge in [-0.15, -0.1) is 0 Å². The maximum atomic E-state index is 12.4. The minimum atomic E-state index is -0.682. The van der Waals surface area contributed by atoms with Crippen LogP contribution in [0.25, 0.3) is 0 Å². The fourth-order valence-electron chi connectivity index (χ4n) is 2.89. The monoisotopic (exact) mass is 367 g/mol. The SMILES string of the molecule is CCOc1ccccc1NC(=O)CN1CCN(c2ccccc2)C(=O)C1=O. The quantitative estimate of drug-likeness (QED) is 0.791. The van der Waals surface area contributed by atoms with Crippen LogP contribution in [0.1, 0.15) is 6.92 Å². The molecule has 0 unspecified atom stereocenters. The van der Waals surface area contributed by atoms with E-state index in [1.807, 2.05) is 31.2 Å². The van der Waals surface area contributed by atoms with Gasteiger partial charge in [0.1, 0.15) is 12.3 Å². The molecule has 2 aromatic carbocycles. The number of amides is 3. The molecule has 0 bridgehead atoms. The zero-order valence-electron chi connectivity index (χ0n) is 15.1. The molecule has 3 amide bonds. The summed E-state index contributed by atoms with van der Waals surface area (Å²) in [7, 11) is 0. The summed E-state index contributed by atoms with van der Waals surface area (Å²) in [6, 6.07) is 16.1. The van der Waals surface area contributed by atoms with Crippen LogP contribution in [0.5, 0.6) is 5.75 Å². The topological polar surface area (TPSA) is 79.0 Å². The van der Waals surface area contributed by atoms with Crippen LogP contribution < -0.4 is 15.0 Å². The highest BCUT2D eigenvalue weighted by atomic mass is 16.5. The second-order valence-electron chi connectivity index (χ2n) is 6.00. The number of ether oxygens (including phenoxy) is 1. The molecule has 0 aliphatic carbocycles. The summed E-state index contributed by atoms with van der Waals surface area (Å²) >= 11 is 0. The number of anilines is 2. The molecule has 1 fully saturated rings. The summed E-state index contributed by atoms with van der Waals surface area (Å²) in [6.07, 6.45) is 0. The fourth-order valence-corrected chi connectivity index (χ4v) is 2.89. The Bertz CT molecular complexity index is 838. The van der Waals surface area contributed by atoms with E-state index in [1.165, 1.54) is 9.80 Å². The average Bonchev–Trinajstić information content (AvgIpc) is 2.68. The van der Waals surface area contributed by atoms with Crippen molar-refractivity contribution in [3.8, 4) is 5.75 Å². The van der Waals surface area contributed by atoms with Crippen LogP contribution in [0.4, 0.5) is 11.4 Å². The second kappa shape index (κ2) is 8.35. The summed E-state index contributed by atoms with van der Waals surface area (Å²) in [6.45, 7) is 2.78. The standard InChI is InChI=1S/C20H21N3O4/c1-2-27-17-11-7-6-10-16(17)21-18(24)14-22-12-13-23(20(26)19(22)25)15-8-4-3-5-9-15/h3-11H,2,12-14H2,1H3,(H,21,24). The third kappa shape index (κ3) is 4.25. The van der Waals surface area contributed by atoms with Gasteiger partial charge in [0.2, 0.25) is 5.91 Å². The lowest BCUT2D eigenvalue weighted by atomic mass is 10.2. The number of nitrogens with one attached hydrogen (secondary N) is 1. The van der Waals surface area contributed by atoms with Gasteiger partial charge < -0.3 is 19.9 Å². The lowest BCUT2D eigenvalue weighted by Gasteiger charge is -2.33. The summed E-state index contributed by atoms with van der Waals surface area (Å²) in [5.41, 5.74) is 1.21. The van der Waals surface area contributed by atoms with Crippen LogP contribution in [0.2, 0.25) is 0 Å². The summed E-state index contributed by atoms with van der Waals surface area (Å²) in [5, 5.41) is 2.74. The number of rotatable bonds is 6. The number of carbonyl (C=O) groups is 3. The molecule has 1 heterocycles. The molecule has 7 heteroatoms. The van der Waals surface area contributed by atoms with Crippen molar-refractivity contribution in [1.29, 1.82) is 0 Å². The highest BCUT2D eigenvalue weighted by Crippen LogP contribution is 2.23. The predicted octanol–water partition coefficient (Wildman–Crippen LogP) is 1.90. The number of nitrogens with zero attached hydrogens (tertiary/aromatic N) is 2. The Morgan fingerprint density at radius 1 is 1.00 bits per heavy atom. The van der Waals surface area contributed by atoms with Gasteiger partial charge in [-0.25, -0.2) is 0 Å². The van der Waals surface area contributed by atoms with E-state index in [1.54, 1.807) is 30.3 Å². The Hall–Kier alpha value is -3.35. The van der Waals surface area contributed by atoms with Gasteiger partial charge in [-0.05, 0) is 31.2 Å². The van der Waals surface area contributed by atoms with E-state index in [0.29, 0.717) is 36.8 Å². The van der Waals surface area contributed by atoms with E-state index < -0.39 is 11.8 Å². The molecule has 0 saturated carbocycles. The molecule has 0 aromatic heterocycles. The molecule has 1 saturated heterocycles. The van der Waals surface area contributed by atoms with Crippen molar-refractivity contribution < 1.29 is 19.1 Å². The Balaban J connectivity index is 1.63. The molecule has 2 aromatic rings. The Morgan fingerprint density at radius 3 is 2.44 bits per heavy atom. The highest BCUT2D eigenvalue weighted by molar-refractivity contribution is 6.41. The number of benzene rings is 2. The van der Waals surface area contributed by atoms with E-state index in [-0.39, 0.29) is 12.5 Å². The Morgan fingerprint density at radius 2 is 1.70 bits per heavy atom. The molecular formula is C20H21N3O4. The van der Waals surface area contributed by atoms with Crippen LogP contribution in [-0.4, -0.2) is 48.9 Å². The first kappa shape index (κ1) is 18.4. The first-order chi connectivity index (χ1) is 13.1. The largest absolute Gasteiger partial charge is 0.492 e.